The van der Waals surface area contributed by atoms with Crippen molar-refractivity contribution in [2.24, 2.45) is 5.92 Å². The number of alkyl halides is 3. The van der Waals surface area contributed by atoms with Crippen LogP contribution in [0.4, 0.5) is 13.2 Å². The Morgan fingerprint density at radius 1 is 1.23 bits per heavy atom. The van der Waals surface area contributed by atoms with Gasteiger partial charge < -0.3 is 14.6 Å². The highest BCUT2D eigenvalue weighted by atomic mass is 19.4. The molecule has 0 saturated heterocycles. The summed E-state index contributed by atoms with van der Waals surface area (Å²) in [6.07, 6.45) is -2.02. The van der Waals surface area contributed by atoms with Gasteiger partial charge >= 0.3 is 12.1 Å². The maximum absolute atomic E-state index is 13.7. The molecule has 35 heavy (non-hydrogen) atoms. The minimum absolute atomic E-state index is 0.0239. The monoisotopic (exact) mass is 491 g/mol. The molecule has 1 N–H and O–H groups in total. The van der Waals surface area contributed by atoms with Crippen LogP contribution >= 0.6 is 0 Å². The molecule has 4 rings (SSSR count). The zero-order chi connectivity index (χ0) is 25.3. The summed E-state index contributed by atoms with van der Waals surface area (Å²) in [5, 5.41) is 10.6. The van der Waals surface area contributed by atoms with Crippen LogP contribution < -0.4 is 5.32 Å². The zero-order valence-electron chi connectivity index (χ0n) is 19.3. The highest BCUT2D eigenvalue weighted by molar-refractivity contribution is 5.94. The lowest BCUT2D eigenvalue weighted by Gasteiger charge is -2.18. The Labute approximate surface area is 198 Å². The molecule has 1 unspecified atom stereocenters. The van der Waals surface area contributed by atoms with Crippen LogP contribution in [0.2, 0.25) is 0 Å². The molecule has 3 aromatic rings. The van der Waals surface area contributed by atoms with Crippen LogP contribution in [-0.4, -0.2) is 38.4 Å². The summed E-state index contributed by atoms with van der Waals surface area (Å²) in [4.78, 5) is 29.2. The highest BCUT2D eigenvalue weighted by Crippen LogP contribution is 2.39. The van der Waals surface area contributed by atoms with Crippen molar-refractivity contribution in [3.8, 4) is 5.69 Å². The Morgan fingerprint density at radius 3 is 2.49 bits per heavy atom. The number of carbonyl (C=O) groups is 2. The van der Waals surface area contributed by atoms with Crippen molar-refractivity contribution in [2.75, 3.05) is 6.61 Å². The molecule has 9 nitrogen and oxygen atoms in total. The van der Waals surface area contributed by atoms with Gasteiger partial charge in [0.1, 0.15) is 11.6 Å². The Kier molecular flexibility index (Phi) is 6.64. The molecular weight excluding hydrogens is 467 g/mol. The SMILES string of the molecule is CCOC(=O)c1cnn(-c2ccc(C(=O)NC(c3nc(C4CC4)no3)C(C)C)cc2)c1C(F)(F)F. The lowest BCUT2D eigenvalue weighted by Crippen LogP contribution is -2.32. The number of amides is 1. The van der Waals surface area contributed by atoms with Gasteiger partial charge in [0, 0.05) is 11.5 Å². The Hall–Kier alpha value is -3.70. The van der Waals surface area contributed by atoms with Crippen LogP contribution in [-0.2, 0) is 10.9 Å². The summed E-state index contributed by atoms with van der Waals surface area (Å²) < 4.78 is 51.8. The molecule has 2 heterocycles. The molecule has 1 aromatic carbocycles. The molecule has 12 heteroatoms. The second-order valence-corrected chi connectivity index (χ2v) is 8.54. The Morgan fingerprint density at radius 2 is 1.91 bits per heavy atom. The lowest BCUT2D eigenvalue weighted by molar-refractivity contribution is -0.143. The van der Waals surface area contributed by atoms with Crippen molar-refractivity contribution in [3.05, 3.63) is 59.0 Å². The van der Waals surface area contributed by atoms with E-state index < -0.39 is 35.4 Å². The lowest BCUT2D eigenvalue weighted by atomic mass is 10.0. The number of nitrogens with zero attached hydrogens (tertiary/aromatic N) is 4. The van der Waals surface area contributed by atoms with Gasteiger partial charge in [0.25, 0.3) is 5.91 Å². The van der Waals surface area contributed by atoms with Crippen LogP contribution in [0.25, 0.3) is 5.69 Å². The van der Waals surface area contributed by atoms with Gasteiger partial charge in [-0.2, -0.15) is 23.3 Å². The summed E-state index contributed by atoms with van der Waals surface area (Å²) in [5.41, 5.74) is -1.70. The highest BCUT2D eigenvalue weighted by Gasteiger charge is 2.41. The van der Waals surface area contributed by atoms with Crippen molar-refractivity contribution < 1.29 is 32.0 Å². The first-order valence-electron chi connectivity index (χ1n) is 11.2. The molecule has 0 aliphatic heterocycles. The third-order valence-corrected chi connectivity index (χ3v) is 5.53. The maximum atomic E-state index is 13.7. The van der Waals surface area contributed by atoms with Gasteiger partial charge in [0.05, 0.1) is 18.5 Å². The van der Waals surface area contributed by atoms with Crippen molar-refractivity contribution >= 4 is 11.9 Å². The van der Waals surface area contributed by atoms with Crippen LogP contribution in [0, 0.1) is 5.92 Å². The third-order valence-electron chi connectivity index (χ3n) is 5.53. The fourth-order valence-corrected chi connectivity index (χ4v) is 3.55. The van der Waals surface area contributed by atoms with Crippen LogP contribution in [0.1, 0.15) is 83.7 Å². The first kappa shape index (κ1) is 24.4. The molecular formula is C23H24F3N5O4. The summed E-state index contributed by atoms with van der Waals surface area (Å²) in [5.74, 6) is -0.379. The predicted octanol–water partition coefficient (Wildman–Crippen LogP) is 4.46. The summed E-state index contributed by atoms with van der Waals surface area (Å²) in [6, 6.07) is 4.84. The standard InChI is InChI=1S/C23H24F3N5O4/c1-4-34-22(33)16-11-27-31(18(16)23(24,25)26)15-9-7-14(8-10-15)20(32)28-17(12(2)3)21-29-19(30-35-21)13-5-6-13/h7-13,17H,4-6H2,1-3H3,(H,28,32). The van der Waals surface area contributed by atoms with E-state index in [-0.39, 0.29) is 23.8 Å². The quantitative estimate of drug-likeness (QED) is 0.463. The molecule has 1 amide bonds. The van der Waals surface area contributed by atoms with E-state index in [1.54, 1.807) is 0 Å². The van der Waals surface area contributed by atoms with Crippen molar-refractivity contribution in [3.63, 3.8) is 0 Å². The van der Waals surface area contributed by atoms with Gasteiger partial charge in [-0.1, -0.05) is 19.0 Å². The molecule has 1 aliphatic carbocycles. The maximum Gasteiger partial charge on any atom is 0.434 e. The number of halogens is 3. The van der Waals surface area contributed by atoms with Crippen LogP contribution in [0.15, 0.2) is 35.0 Å². The number of esters is 1. The number of hydrogen-bond acceptors (Lipinski definition) is 7. The van der Waals surface area contributed by atoms with E-state index in [0.717, 1.165) is 19.0 Å². The van der Waals surface area contributed by atoms with Gasteiger partial charge in [-0.25, -0.2) is 9.48 Å². The van der Waals surface area contributed by atoms with E-state index >= 15 is 0 Å². The summed E-state index contributed by atoms with van der Waals surface area (Å²) in [6.45, 7) is 5.21. The first-order chi connectivity index (χ1) is 16.6. The number of ether oxygens (including phenoxy) is 1. The fourth-order valence-electron chi connectivity index (χ4n) is 3.55. The van der Waals surface area contributed by atoms with E-state index in [9.17, 15) is 22.8 Å². The van der Waals surface area contributed by atoms with Crippen molar-refractivity contribution in [2.45, 2.75) is 51.7 Å². The Bertz CT molecular complexity index is 1210. The minimum Gasteiger partial charge on any atom is -0.462 e. The van der Waals surface area contributed by atoms with E-state index in [4.69, 9.17) is 9.26 Å². The average Bonchev–Trinajstić information content (AvgIpc) is 3.36. The number of rotatable bonds is 8. The Balaban J connectivity index is 1.55. The topological polar surface area (TPSA) is 112 Å². The molecule has 1 aliphatic rings. The normalized spacial score (nSPS) is 14.7. The molecule has 0 bridgehead atoms. The van der Waals surface area contributed by atoms with Crippen molar-refractivity contribution in [1.29, 1.82) is 0 Å². The van der Waals surface area contributed by atoms with E-state index in [2.05, 4.69) is 20.6 Å². The average molecular weight is 491 g/mol. The predicted molar refractivity (Wildman–Crippen MR) is 116 cm³/mol. The molecule has 0 radical (unpaired) electrons. The second-order valence-electron chi connectivity index (χ2n) is 8.54. The third kappa shape index (κ3) is 5.20. The van der Waals surface area contributed by atoms with Gasteiger partial charge in [0.2, 0.25) is 5.89 Å². The number of benzene rings is 1. The molecule has 1 fully saturated rings. The zero-order valence-corrected chi connectivity index (χ0v) is 19.3. The fraction of sp³-hybridized carbons (Fsp3) is 0.435. The first-order valence-corrected chi connectivity index (χ1v) is 11.2. The van der Waals surface area contributed by atoms with Crippen LogP contribution in [0.5, 0.6) is 0 Å². The van der Waals surface area contributed by atoms with Gasteiger partial charge in [-0.3, -0.25) is 4.79 Å². The number of aromatic nitrogens is 4. The van der Waals surface area contributed by atoms with Gasteiger partial charge in [-0.05, 0) is 49.9 Å². The van der Waals surface area contributed by atoms with Crippen molar-refractivity contribution in [1.82, 2.24) is 25.2 Å². The van der Waals surface area contributed by atoms with Gasteiger partial charge in [0.15, 0.2) is 11.5 Å². The van der Waals surface area contributed by atoms with E-state index in [0.29, 0.717) is 22.3 Å². The number of carbonyl (C=O) groups excluding carboxylic acids is 2. The summed E-state index contributed by atoms with van der Waals surface area (Å²) >= 11 is 0. The largest absolute Gasteiger partial charge is 0.462 e. The smallest absolute Gasteiger partial charge is 0.434 e. The minimum atomic E-state index is -4.86. The summed E-state index contributed by atoms with van der Waals surface area (Å²) in [7, 11) is 0. The van der Waals surface area contributed by atoms with E-state index in [1.165, 1.54) is 31.2 Å². The molecule has 1 saturated carbocycles. The number of hydrogen-bond donors (Lipinski definition) is 1. The van der Waals surface area contributed by atoms with Gasteiger partial charge in [-0.15, -0.1) is 0 Å². The van der Waals surface area contributed by atoms with E-state index in [1.807, 2.05) is 13.8 Å². The number of nitrogens with one attached hydrogen (secondary N) is 1. The molecule has 2 aromatic heterocycles. The molecule has 0 spiro atoms. The van der Waals surface area contributed by atoms with Crippen LogP contribution in [0.3, 0.4) is 0 Å². The molecule has 186 valence electrons. The second kappa shape index (κ2) is 9.51. The molecule has 1 atom stereocenters.